The number of nitrogens with two attached hydrogens (primary N) is 1. The Morgan fingerprint density at radius 1 is 0.927 bits per heavy atom. The lowest BCUT2D eigenvalue weighted by molar-refractivity contribution is -0.134. The molecule has 0 aliphatic heterocycles. The van der Waals surface area contributed by atoms with Crippen LogP contribution in [0.15, 0.2) is 24.3 Å². The molecule has 1 aromatic carbocycles. The van der Waals surface area contributed by atoms with Gasteiger partial charge >= 0.3 is 12.1 Å². The zero-order valence-electron chi connectivity index (χ0n) is 25.8. The molecular weight excluding hydrogens is 526 g/mol. The predicted octanol–water partition coefficient (Wildman–Crippen LogP) is 4.11. The fourth-order valence-corrected chi connectivity index (χ4v) is 3.70. The number of carbonyl (C=O) groups excluding carboxylic acids is 5. The van der Waals surface area contributed by atoms with Crippen LogP contribution in [0.25, 0.3) is 0 Å². The highest BCUT2D eigenvalue weighted by atomic mass is 16.5. The van der Waals surface area contributed by atoms with Crippen LogP contribution in [0.3, 0.4) is 0 Å². The molecule has 0 heterocycles. The number of amides is 5. The third kappa shape index (κ3) is 14.5. The average molecular weight is 576 g/mol. The van der Waals surface area contributed by atoms with Gasteiger partial charge in [-0.3, -0.25) is 14.4 Å². The van der Waals surface area contributed by atoms with Crippen molar-refractivity contribution in [2.45, 2.75) is 87.3 Å². The summed E-state index contributed by atoms with van der Waals surface area (Å²) in [6.45, 7) is 15.8. The predicted molar refractivity (Wildman–Crippen MR) is 159 cm³/mol. The van der Waals surface area contributed by atoms with Gasteiger partial charge in [-0.05, 0) is 41.9 Å². The summed E-state index contributed by atoms with van der Waals surface area (Å²) in [6.07, 6.45) is 0.174. The van der Waals surface area contributed by atoms with E-state index < -0.39 is 29.5 Å². The molecule has 0 spiro atoms. The monoisotopic (exact) mass is 575 g/mol. The number of ether oxygens (including phenoxy) is 1. The van der Waals surface area contributed by atoms with E-state index in [1.807, 2.05) is 34.6 Å². The third-order valence-electron chi connectivity index (χ3n) is 6.18. The maximum absolute atomic E-state index is 13.3. The molecule has 0 aromatic heterocycles. The highest BCUT2D eigenvalue weighted by Gasteiger charge is 2.32. The van der Waals surface area contributed by atoms with Crippen molar-refractivity contribution in [2.75, 3.05) is 18.4 Å². The lowest BCUT2D eigenvalue weighted by Gasteiger charge is -2.27. The van der Waals surface area contributed by atoms with Crippen molar-refractivity contribution in [3.05, 3.63) is 29.8 Å². The van der Waals surface area contributed by atoms with E-state index in [-0.39, 0.29) is 48.5 Å². The Kier molecular flexibility index (Phi) is 13.8. The Hall–Kier alpha value is -3.63. The first-order valence-corrected chi connectivity index (χ1v) is 14.1. The zero-order chi connectivity index (χ0) is 31.4. The van der Waals surface area contributed by atoms with Gasteiger partial charge in [0.1, 0.15) is 6.61 Å². The first-order chi connectivity index (χ1) is 18.9. The van der Waals surface area contributed by atoms with Crippen LogP contribution in [0.4, 0.5) is 15.3 Å². The van der Waals surface area contributed by atoms with E-state index in [0.717, 1.165) is 5.56 Å². The van der Waals surface area contributed by atoms with Gasteiger partial charge in [0.15, 0.2) is 5.78 Å². The summed E-state index contributed by atoms with van der Waals surface area (Å²) in [5, 5.41) is 10.9. The topological polar surface area (TPSA) is 169 Å². The molecule has 6 N–H and O–H groups in total. The van der Waals surface area contributed by atoms with E-state index >= 15 is 0 Å². The van der Waals surface area contributed by atoms with E-state index in [1.54, 1.807) is 45.0 Å². The number of hydrogen-bond acceptors (Lipinski definition) is 6. The van der Waals surface area contributed by atoms with Crippen molar-refractivity contribution in [1.29, 1.82) is 0 Å². The molecule has 5 amide bonds. The second kappa shape index (κ2) is 16.0. The maximum atomic E-state index is 13.3. The summed E-state index contributed by atoms with van der Waals surface area (Å²) >= 11 is 0. The fraction of sp³-hybridized carbons (Fsp3) is 0.633. The van der Waals surface area contributed by atoms with Crippen molar-refractivity contribution in [3.8, 4) is 0 Å². The molecule has 0 radical (unpaired) electrons. The van der Waals surface area contributed by atoms with Gasteiger partial charge < -0.3 is 31.7 Å². The van der Waals surface area contributed by atoms with Crippen LogP contribution < -0.4 is 27.0 Å². The first kappa shape index (κ1) is 35.4. The summed E-state index contributed by atoms with van der Waals surface area (Å²) in [6, 6.07) is 5.46. The Morgan fingerprint density at radius 3 is 2.05 bits per heavy atom. The van der Waals surface area contributed by atoms with Crippen LogP contribution in [0.5, 0.6) is 0 Å². The molecule has 1 aromatic rings. The highest BCUT2D eigenvalue weighted by molar-refractivity contribution is 5.97. The SMILES string of the molecule is CC(C)C(NC(=O)C(C)(C)C)C(=O)CC(CCCNC(N)=O)C(=O)Nc1ccc(COC(=O)NCC(C)(C)C)cc1. The van der Waals surface area contributed by atoms with Crippen LogP contribution in [-0.2, 0) is 25.7 Å². The number of ketones is 1. The lowest BCUT2D eigenvalue weighted by atomic mass is 9.88. The Labute approximate surface area is 244 Å². The highest BCUT2D eigenvalue weighted by Crippen LogP contribution is 2.21. The van der Waals surface area contributed by atoms with Crippen molar-refractivity contribution >= 4 is 35.4 Å². The summed E-state index contributed by atoms with van der Waals surface area (Å²) in [5.74, 6) is -1.70. The van der Waals surface area contributed by atoms with Gasteiger partial charge in [0, 0.05) is 36.5 Å². The second-order valence-corrected chi connectivity index (χ2v) is 12.9. The average Bonchev–Trinajstić information content (AvgIpc) is 2.85. The second-order valence-electron chi connectivity index (χ2n) is 12.9. The molecule has 230 valence electrons. The van der Waals surface area contributed by atoms with Gasteiger partial charge in [-0.15, -0.1) is 0 Å². The number of carbonyl (C=O) groups is 5. The maximum Gasteiger partial charge on any atom is 0.407 e. The van der Waals surface area contributed by atoms with Gasteiger partial charge in [-0.1, -0.05) is 67.5 Å². The van der Waals surface area contributed by atoms with E-state index in [1.165, 1.54) is 0 Å². The van der Waals surface area contributed by atoms with Crippen LogP contribution in [-0.4, -0.2) is 48.9 Å². The van der Waals surface area contributed by atoms with Gasteiger partial charge in [-0.25, -0.2) is 9.59 Å². The molecule has 0 aliphatic rings. The van der Waals surface area contributed by atoms with E-state index in [0.29, 0.717) is 25.1 Å². The minimum Gasteiger partial charge on any atom is -0.445 e. The Bertz CT molecular complexity index is 1040. The van der Waals surface area contributed by atoms with Crippen LogP contribution in [0.1, 0.15) is 80.2 Å². The molecule has 11 heteroatoms. The van der Waals surface area contributed by atoms with Gasteiger partial charge in [-0.2, -0.15) is 0 Å². The fourth-order valence-electron chi connectivity index (χ4n) is 3.70. The molecule has 0 bridgehead atoms. The Balaban J connectivity index is 2.88. The van der Waals surface area contributed by atoms with E-state index in [4.69, 9.17) is 10.5 Å². The van der Waals surface area contributed by atoms with E-state index in [9.17, 15) is 24.0 Å². The van der Waals surface area contributed by atoms with Crippen molar-refractivity contribution in [1.82, 2.24) is 16.0 Å². The number of primary amides is 1. The van der Waals surface area contributed by atoms with Crippen molar-refractivity contribution < 1.29 is 28.7 Å². The number of nitrogens with one attached hydrogen (secondary N) is 4. The first-order valence-electron chi connectivity index (χ1n) is 14.1. The van der Waals surface area contributed by atoms with Crippen LogP contribution >= 0.6 is 0 Å². The number of hydrogen-bond donors (Lipinski definition) is 5. The third-order valence-corrected chi connectivity index (χ3v) is 6.18. The molecule has 0 saturated heterocycles. The number of urea groups is 1. The minimum absolute atomic E-state index is 0.0598. The largest absolute Gasteiger partial charge is 0.445 e. The molecule has 0 fully saturated rings. The quantitative estimate of drug-likeness (QED) is 0.209. The van der Waals surface area contributed by atoms with Crippen LogP contribution in [0.2, 0.25) is 0 Å². The summed E-state index contributed by atoms with van der Waals surface area (Å²) in [4.78, 5) is 62.1. The number of benzene rings is 1. The molecule has 2 unspecified atom stereocenters. The summed E-state index contributed by atoms with van der Waals surface area (Å²) in [5.41, 5.74) is 5.67. The number of Topliss-reactive ketones (excluding diaryl/α,β-unsaturated/α-hetero) is 1. The number of rotatable bonds is 14. The summed E-state index contributed by atoms with van der Waals surface area (Å²) < 4.78 is 5.24. The van der Waals surface area contributed by atoms with E-state index in [2.05, 4.69) is 21.3 Å². The molecule has 0 aliphatic carbocycles. The molecule has 11 nitrogen and oxygen atoms in total. The number of anilines is 1. The summed E-state index contributed by atoms with van der Waals surface area (Å²) in [7, 11) is 0. The van der Waals surface area contributed by atoms with Crippen LogP contribution in [0, 0.1) is 22.7 Å². The van der Waals surface area contributed by atoms with Crippen molar-refractivity contribution in [2.24, 2.45) is 28.4 Å². The molecular formula is C30H49N5O6. The minimum atomic E-state index is -0.736. The zero-order valence-corrected chi connectivity index (χ0v) is 25.8. The molecule has 1 rings (SSSR count). The molecule has 0 saturated carbocycles. The van der Waals surface area contributed by atoms with Gasteiger partial charge in [0.2, 0.25) is 11.8 Å². The van der Waals surface area contributed by atoms with Gasteiger partial charge in [0.05, 0.1) is 6.04 Å². The molecule has 41 heavy (non-hydrogen) atoms. The van der Waals surface area contributed by atoms with Crippen molar-refractivity contribution in [3.63, 3.8) is 0 Å². The lowest BCUT2D eigenvalue weighted by Crippen LogP contribution is -2.49. The number of alkyl carbamates (subject to hydrolysis) is 1. The Morgan fingerprint density at radius 2 is 1.54 bits per heavy atom. The standard InChI is InChI=1S/C30H49N5O6/c1-19(2)24(35-26(38)30(6,7)8)23(36)16-21(10-9-15-32-27(31)39)25(37)34-22-13-11-20(12-14-22)17-41-28(40)33-18-29(3,4)5/h11-14,19,21,24H,9-10,15-18H2,1-8H3,(H,33,40)(H,34,37)(H,35,38)(H3,31,32,39). The smallest absolute Gasteiger partial charge is 0.407 e. The normalized spacial score (nSPS) is 13.1. The van der Waals surface area contributed by atoms with Gasteiger partial charge in [0.25, 0.3) is 0 Å². The molecule has 2 atom stereocenters.